The number of phenols is 1. The fourth-order valence-corrected chi connectivity index (χ4v) is 1.03. The van der Waals surface area contributed by atoms with E-state index in [1.54, 1.807) is 6.07 Å². The average molecular weight is 201 g/mol. The van der Waals surface area contributed by atoms with Crippen molar-refractivity contribution >= 4 is 11.6 Å². The van der Waals surface area contributed by atoms with Crippen LogP contribution in [0.4, 0.5) is 4.39 Å². The summed E-state index contributed by atoms with van der Waals surface area (Å²) in [6, 6.07) is 2.56. The third-order valence-electron chi connectivity index (χ3n) is 1.54. The fourth-order valence-electron chi connectivity index (χ4n) is 0.860. The Morgan fingerprint density at radius 3 is 2.77 bits per heavy atom. The van der Waals surface area contributed by atoms with Gasteiger partial charge in [0, 0.05) is 11.6 Å². The normalized spacial score (nSPS) is 12.2. The van der Waals surface area contributed by atoms with Crippen molar-refractivity contribution in [1.82, 2.24) is 0 Å². The summed E-state index contributed by atoms with van der Waals surface area (Å²) in [7, 11) is 0. The van der Waals surface area contributed by atoms with Crippen LogP contribution in [0, 0.1) is 17.1 Å². The molecule has 0 aliphatic rings. The lowest BCUT2D eigenvalue weighted by molar-refractivity contribution is 0.467. The van der Waals surface area contributed by atoms with E-state index in [-0.39, 0.29) is 16.3 Å². The SMILES string of the molecule is N#CC(N)c1cc(Cl)c(O)cc1F. The smallest absolute Gasteiger partial charge is 0.137 e. The summed E-state index contributed by atoms with van der Waals surface area (Å²) in [4.78, 5) is 0. The highest BCUT2D eigenvalue weighted by molar-refractivity contribution is 6.32. The fraction of sp³-hybridized carbons (Fsp3) is 0.125. The van der Waals surface area contributed by atoms with Crippen LogP contribution in [0.5, 0.6) is 5.75 Å². The van der Waals surface area contributed by atoms with E-state index < -0.39 is 11.9 Å². The Bertz CT molecular complexity index is 375. The molecule has 1 rings (SSSR count). The molecule has 0 aliphatic heterocycles. The van der Waals surface area contributed by atoms with E-state index >= 15 is 0 Å². The van der Waals surface area contributed by atoms with Crippen molar-refractivity contribution in [1.29, 1.82) is 5.26 Å². The van der Waals surface area contributed by atoms with Gasteiger partial charge >= 0.3 is 0 Å². The number of halogens is 2. The second-order valence-electron chi connectivity index (χ2n) is 2.43. The molecule has 0 saturated carbocycles. The van der Waals surface area contributed by atoms with E-state index in [1.807, 2.05) is 0 Å². The summed E-state index contributed by atoms with van der Waals surface area (Å²) >= 11 is 5.51. The molecule has 1 atom stereocenters. The van der Waals surface area contributed by atoms with Gasteiger partial charge in [-0.3, -0.25) is 0 Å². The highest BCUT2D eigenvalue weighted by Crippen LogP contribution is 2.28. The van der Waals surface area contributed by atoms with Crippen molar-refractivity contribution in [2.45, 2.75) is 6.04 Å². The molecule has 0 saturated heterocycles. The largest absolute Gasteiger partial charge is 0.506 e. The van der Waals surface area contributed by atoms with Crippen LogP contribution in [0.3, 0.4) is 0 Å². The number of phenolic OH excluding ortho intramolecular Hbond substituents is 1. The summed E-state index contributed by atoms with van der Waals surface area (Å²) in [5, 5.41) is 17.4. The zero-order valence-electron chi connectivity index (χ0n) is 6.46. The van der Waals surface area contributed by atoms with Gasteiger partial charge in [0.15, 0.2) is 0 Å². The second kappa shape index (κ2) is 3.60. The third kappa shape index (κ3) is 1.89. The minimum absolute atomic E-state index is 0.0229. The van der Waals surface area contributed by atoms with Crippen LogP contribution < -0.4 is 5.73 Å². The van der Waals surface area contributed by atoms with E-state index in [2.05, 4.69) is 0 Å². The van der Waals surface area contributed by atoms with Crippen LogP contribution >= 0.6 is 11.6 Å². The van der Waals surface area contributed by atoms with Gasteiger partial charge in [-0.15, -0.1) is 0 Å². The molecule has 0 radical (unpaired) electrons. The van der Waals surface area contributed by atoms with Crippen molar-refractivity contribution in [3.05, 3.63) is 28.5 Å². The summed E-state index contributed by atoms with van der Waals surface area (Å²) in [6.07, 6.45) is 0. The van der Waals surface area contributed by atoms with Gasteiger partial charge in [-0.2, -0.15) is 5.26 Å². The Labute approximate surface area is 79.2 Å². The number of hydrogen-bond acceptors (Lipinski definition) is 3. The van der Waals surface area contributed by atoms with Gasteiger partial charge in [0.2, 0.25) is 0 Å². The molecule has 1 unspecified atom stereocenters. The molecule has 13 heavy (non-hydrogen) atoms. The highest BCUT2D eigenvalue weighted by atomic mass is 35.5. The molecule has 0 bridgehead atoms. The van der Waals surface area contributed by atoms with E-state index in [4.69, 9.17) is 27.7 Å². The van der Waals surface area contributed by atoms with Gasteiger partial charge in [-0.05, 0) is 6.07 Å². The number of benzene rings is 1. The Hall–Kier alpha value is -1.31. The molecule has 0 spiro atoms. The zero-order chi connectivity index (χ0) is 10.0. The number of rotatable bonds is 1. The maximum atomic E-state index is 13.0. The Kier molecular flexibility index (Phi) is 2.71. The van der Waals surface area contributed by atoms with Crippen LogP contribution in [0.25, 0.3) is 0 Å². The van der Waals surface area contributed by atoms with Crippen molar-refractivity contribution in [3.8, 4) is 11.8 Å². The van der Waals surface area contributed by atoms with Gasteiger partial charge in [0.25, 0.3) is 0 Å². The van der Waals surface area contributed by atoms with Gasteiger partial charge in [0.05, 0.1) is 11.1 Å². The van der Waals surface area contributed by atoms with Gasteiger partial charge in [-0.1, -0.05) is 11.6 Å². The van der Waals surface area contributed by atoms with Crippen LogP contribution in [0.15, 0.2) is 12.1 Å². The molecule has 0 heterocycles. The van der Waals surface area contributed by atoms with Crippen molar-refractivity contribution in [2.24, 2.45) is 5.73 Å². The molecule has 3 nitrogen and oxygen atoms in total. The van der Waals surface area contributed by atoms with Gasteiger partial charge in [-0.25, -0.2) is 4.39 Å². The maximum Gasteiger partial charge on any atom is 0.137 e. The van der Waals surface area contributed by atoms with Gasteiger partial charge < -0.3 is 10.8 Å². The lowest BCUT2D eigenvalue weighted by atomic mass is 10.1. The number of nitrogens with two attached hydrogens (primary N) is 1. The van der Waals surface area contributed by atoms with Crippen molar-refractivity contribution in [3.63, 3.8) is 0 Å². The molecule has 1 aromatic carbocycles. The molecule has 0 aliphatic carbocycles. The van der Waals surface area contributed by atoms with E-state index in [0.717, 1.165) is 12.1 Å². The second-order valence-corrected chi connectivity index (χ2v) is 2.84. The van der Waals surface area contributed by atoms with E-state index in [1.165, 1.54) is 0 Å². The topological polar surface area (TPSA) is 70.0 Å². The zero-order valence-corrected chi connectivity index (χ0v) is 7.22. The lowest BCUT2D eigenvalue weighted by Crippen LogP contribution is -2.09. The molecule has 5 heteroatoms. The number of nitrogens with zero attached hydrogens (tertiary/aromatic N) is 1. The molecule has 0 aromatic heterocycles. The van der Waals surface area contributed by atoms with Crippen molar-refractivity contribution in [2.75, 3.05) is 0 Å². The van der Waals surface area contributed by atoms with E-state index in [0.29, 0.717) is 0 Å². The number of nitriles is 1. The van der Waals surface area contributed by atoms with Crippen molar-refractivity contribution < 1.29 is 9.50 Å². The predicted molar refractivity (Wildman–Crippen MR) is 45.6 cm³/mol. The first-order chi connectivity index (χ1) is 6.06. The monoisotopic (exact) mass is 200 g/mol. The Balaban J connectivity index is 3.25. The molecule has 1 aromatic rings. The van der Waals surface area contributed by atoms with Crippen LogP contribution in [-0.2, 0) is 0 Å². The predicted octanol–water partition coefficient (Wildman–Crippen LogP) is 1.71. The molecule has 3 N–H and O–H groups in total. The first kappa shape index (κ1) is 9.78. The van der Waals surface area contributed by atoms with Crippen LogP contribution in [0.2, 0.25) is 5.02 Å². The number of aromatic hydroxyl groups is 1. The standard InChI is InChI=1S/C8H6ClFN2O/c9-5-1-4(7(12)3-11)6(10)2-8(5)13/h1-2,7,13H,12H2. The summed E-state index contributed by atoms with van der Waals surface area (Å²) in [5.41, 5.74) is 5.25. The summed E-state index contributed by atoms with van der Waals surface area (Å²) in [6.45, 7) is 0. The Morgan fingerprint density at radius 2 is 2.23 bits per heavy atom. The van der Waals surface area contributed by atoms with Crippen LogP contribution in [0.1, 0.15) is 11.6 Å². The molecule has 0 fully saturated rings. The first-order valence-electron chi connectivity index (χ1n) is 3.39. The summed E-state index contributed by atoms with van der Waals surface area (Å²) in [5.74, 6) is -1.11. The Morgan fingerprint density at radius 1 is 1.62 bits per heavy atom. The molecule has 0 amide bonds. The maximum absolute atomic E-state index is 13.0. The highest BCUT2D eigenvalue weighted by Gasteiger charge is 2.13. The minimum Gasteiger partial charge on any atom is -0.506 e. The van der Waals surface area contributed by atoms with Gasteiger partial charge in [0.1, 0.15) is 17.6 Å². The molecular formula is C8H6ClFN2O. The third-order valence-corrected chi connectivity index (χ3v) is 1.84. The lowest BCUT2D eigenvalue weighted by Gasteiger charge is -2.06. The van der Waals surface area contributed by atoms with Crippen LogP contribution in [-0.4, -0.2) is 5.11 Å². The first-order valence-corrected chi connectivity index (χ1v) is 3.77. The molecular weight excluding hydrogens is 195 g/mol. The number of hydrogen-bond donors (Lipinski definition) is 2. The quantitative estimate of drug-likeness (QED) is 0.725. The molecule has 68 valence electrons. The summed E-state index contributed by atoms with van der Waals surface area (Å²) < 4.78 is 13.0. The minimum atomic E-state index is -1.07. The average Bonchev–Trinajstić information content (AvgIpc) is 2.10. The van der Waals surface area contributed by atoms with E-state index in [9.17, 15) is 4.39 Å².